The van der Waals surface area contributed by atoms with Crippen molar-refractivity contribution in [2.24, 2.45) is 0 Å². The molecule has 32 heavy (non-hydrogen) atoms. The molecule has 1 unspecified atom stereocenters. The normalized spacial score (nSPS) is 26.2. The number of piperidine rings is 1. The zero-order chi connectivity index (χ0) is 22.9. The third-order valence-electron chi connectivity index (χ3n) is 6.22. The molecule has 2 aromatic carbocycles. The molecular weight excluding hydrogens is 426 g/mol. The first-order valence-corrected chi connectivity index (χ1v) is 10.5. The predicted octanol–water partition coefficient (Wildman–Crippen LogP) is 4.19. The Balaban J connectivity index is 1.57. The van der Waals surface area contributed by atoms with Crippen molar-refractivity contribution in [3.05, 3.63) is 70.8 Å². The second kappa shape index (κ2) is 8.71. The summed E-state index contributed by atoms with van der Waals surface area (Å²) in [6, 6.07) is 12.5. The number of ether oxygens (including phenoxy) is 1. The lowest BCUT2D eigenvalue weighted by molar-refractivity contribution is -0.137. The number of carbonyl (C=O) groups is 1. The fourth-order valence-electron chi connectivity index (χ4n) is 4.45. The summed E-state index contributed by atoms with van der Waals surface area (Å²) in [5.41, 5.74) is -0.350. The van der Waals surface area contributed by atoms with Crippen molar-refractivity contribution in [3.8, 4) is 0 Å². The van der Waals surface area contributed by atoms with E-state index in [0.717, 1.165) is 17.7 Å². The van der Waals surface area contributed by atoms with Crippen molar-refractivity contribution in [2.45, 2.75) is 49.9 Å². The summed E-state index contributed by atoms with van der Waals surface area (Å²) in [6.07, 6.45) is -4.72. The molecule has 2 saturated heterocycles. The Bertz CT molecular complexity index is 969. The standard InChI is InChI=1S/C23H25F4N3O2/c1-14(16-7-15(11-24)8-18(9-16)23(25,26)27)32-13-22(17-5-3-2-4-6-17)10-19-20(12-28-22)30-21(31)29-19/h2-9,14,19-20,28H,10-13H2,1H3,(H2,29,30,31)/t14-,19?,20+,22-/m1/s1. The third-order valence-corrected chi connectivity index (χ3v) is 6.22. The second-order valence-corrected chi connectivity index (χ2v) is 8.41. The van der Waals surface area contributed by atoms with Crippen LogP contribution in [0.1, 0.15) is 41.7 Å². The van der Waals surface area contributed by atoms with Crippen LogP contribution in [0.15, 0.2) is 48.5 Å². The largest absolute Gasteiger partial charge is 0.416 e. The lowest BCUT2D eigenvalue weighted by atomic mass is 9.79. The summed E-state index contributed by atoms with van der Waals surface area (Å²) < 4.78 is 59.0. The summed E-state index contributed by atoms with van der Waals surface area (Å²) in [6.45, 7) is 1.35. The smallest absolute Gasteiger partial charge is 0.372 e. The number of amides is 2. The van der Waals surface area contributed by atoms with Crippen molar-refractivity contribution >= 4 is 6.03 Å². The van der Waals surface area contributed by atoms with E-state index in [1.807, 2.05) is 30.3 Å². The van der Waals surface area contributed by atoms with Crippen molar-refractivity contribution in [1.82, 2.24) is 16.0 Å². The Morgan fingerprint density at radius 1 is 1.12 bits per heavy atom. The molecule has 2 fully saturated rings. The maximum absolute atomic E-state index is 13.2. The van der Waals surface area contributed by atoms with Crippen LogP contribution in [0.25, 0.3) is 0 Å². The Hall–Kier alpha value is -2.65. The first kappa shape index (κ1) is 22.5. The van der Waals surface area contributed by atoms with Gasteiger partial charge < -0.3 is 20.7 Å². The number of alkyl halides is 4. The highest BCUT2D eigenvalue weighted by Crippen LogP contribution is 2.36. The highest BCUT2D eigenvalue weighted by molar-refractivity contribution is 5.77. The molecule has 172 valence electrons. The van der Waals surface area contributed by atoms with Crippen LogP contribution in [-0.4, -0.2) is 31.3 Å². The van der Waals surface area contributed by atoms with Crippen LogP contribution < -0.4 is 16.0 Å². The topological polar surface area (TPSA) is 62.4 Å². The van der Waals surface area contributed by atoms with E-state index in [9.17, 15) is 22.4 Å². The molecule has 2 aliphatic heterocycles. The molecule has 9 heteroatoms. The van der Waals surface area contributed by atoms with E-state index >= 15 is 0 Å². The van der Waals surface area contributed by atoms with Gasteiger partial charge in [-0.05, 0) is 42.2 Å². The minimum absolute atomic E-state index is 0.0403. The molecule has 5 nitrogen and oxygen atoms in total. The number of nitrogens with one attached hydrogen (secondary N) is 3. The average molecular weight is 451 g/mol. The van der Waals surface area contributed by atoms with Crippen molar-refractivity contribution in [2.75, 3.05) is 13.2 Å². The highest BCUT2D eigenvalue weighted by atomic mass is 19.4. The molecule has 0 aliphatic carbocycles. The number of urea groups is 1. The van der Waals surface area contributed by atoms with Gasteiger partial charge in [0.25, 0.3) is 0 Å². The van der Waals surface area contributed by atoms with Crippen LogP contribution >= 0.6 is 0 Å². The SMILES string of the molecule is C[C@@H](OC[C@@]1(c2ccccc2)CC2NC(=O)N[C@H]2CN1)c1cc(CF)cc(C(F)(F)F)c1. The molecule has 4 atom stereocenters. The zero-order valence-corrected chi connectivity index (χ0v) is 17.5. The maximum atomic E-state index is 13.2. The summed E-state index contributed by atoms with van der Waals surface area (Å²) in [5, 5.41) is 9.29. The first-order chi connectivity index (χ1) is 15.2. The van der Waals surface area contributed by atoms with Crippen LogP contribution in [0.2, 0.25) is 0 Å². The van der Waals surface area contributed by atoms with Gasteiger partial charge in [-0.15, -0.1) is 0 Å². The molecular formula is C23H25F4N3O2. The van der Waals surface area contributed by atoms with Crippen LogP contribution in [-0.2, 0) is 23.1 Å². The monoisotopic (exact) mass is 451 g/mol. The van der Waals surface area contributed by atoms with E-state index in [-0.39, 0.29) is 35.8 Å². The lowest BCUT2D eigenvalue weighted by Crippen LogP contribution is -2.60. The molecule has 4 rings (SSSR count). The minimum Gasteiger partial charge on any atom is -0.372 e. The highest BCUT2D eigenvalue weighted by Gasteiger charge is 2.46. The number of carbonyl (C=O) groups excluding carboxylic acids is 1. The van der Waals surface area contributed by atoms with Gasteiger partial charge in [-0.25, -0.2) is 9.18 Å². The maximum Gasteiger partial charge on any atom is 0.416 e. The Morgan fingerprint density at radius 2 is 1.84 bits per heavy atom. The summed E-state index contributed by atoms with van der Waals surface area (Å²) in [7, 11) is 0. The predicted molar refractivity (Wildman–Crippen MR) is 111 cm³/mol. The van der Waals surface area contributed by atoms with Gasteiger partial charge in [0.15, 0.2) is 0 Å². The molecule has 0 bridgehead atoms. The molecule has 2 aliphatic rings. The van der Waals surface area contributed by atoms with E-state index in [0.29, 0.717) is 13.0 Å². The summed E-state index contributed by atoms with van der Waals surface area (Å²) in [4.78, 5) is 11.8. The van der Waals surface area contributed by atoms with Crippen molar-refractivity contribution < 1.29 is 27.1 Å². The van der Waals surface area contributed by atoms with Gasteiger partial charge in [0, 0.05) is 6.54 Å². The van der Waals surface area contributed by atoms with Gasteiger partial charge in [-0.2, -0.15) is 13.2 Å². The van der Waals surface area contributed by atoms with Gasteiger partial charge in [-0.1, -0.05) is 36.4 Å². The molecule has 2 aromatic rings. The molecule has 0 aromatic heterocycles. The first-order valence-electron chi connectivity index (χ1n) is 10.5. The number of rotatable bonds is 6. The van der Waals surface area contributed by atoms with Gasteiger partial charge in [0.05, 0.1) is 35.9 Å². The lowest BCUT2D eigenvalue weighted by Gasteiger charge is -2.43. The molecule has 3 N–H and O–H groups in total. The number of halogens is 4. The quantitative estimate of drug-likeness (QED) is 0.578. The van der Waals surface area contributed by atoms with E-state index in [4.69, 9.17) is 4.74 Å². The molecule has 0 saturated carbocycles. The van der Waals surface area contributed by atoms with Crippen LogP contribution in [0.3, 0.4) is 0 Å². The second-order valence-electron chi connectivity index (χ2n) is 8.41. The van der Waals surface area contributed by atoms with Gasteiger partial charge >= 0.3 is 12.2 Å². The Kier molecular flexibility index (Phi) is 6.13. The van der Waals surface area contributed by atoms with Crippen LogP contribution in [0, 0.1) is 0 Å². The third kappa shape index (κ3) is 4.59. The van der Waals surface area contributed by atoms with Crippen LogP contribution in [0.4, 0.5) is 22.4 Å². The van der Waals surface area contributed by atoms with E-state index in [1.54, 1.807) is 6.92 Å². The number of fused-ring (bicyclic) bond motifs is 1. The fourth-order valence-corrected chi connectivity index (χ4v) is 4.45. The van der Waals surface area contributed by atoms with E-state index in [1.165, 1.54) is 6.07 Å². The fraction of sp³-hybridized carbons (Fsp3) is 0.435. The number of benzene rings is 2. The average Bonchev–Trinajstić information content (AvgIpc) is 3.16. The summed E-state index contributed by atoms with van der Waals surface area (Å²) in [5.74, 6) is 0. The Labute approximate surface area is 183 Å². The van der Waals surface area contributed by atoms with Crippen molar-refractivity contribution in [1.29, 1.82) is 0 Å². The zero-order valence-electron chi connectivity index (χ0n) is 17.5. The minimum atomic E-state index is -4.57. The van der Waals surface area contributed by atoms with E-state index < -0.39 is 30.1 Å². The molecule has 0 radical (unpaired) electrons. The van der Waals surface area contributed by atoms with Gasteiger partial charge in [0.1, 0.15) is 6.67 Å². The van der Waals surface area contributed by atoms with Gasteiger partial charge in [-0.3, -0.25) is 0 Å². The van der Waals surface area contributed by atoms with E-state index in [2.05, 4.69) is 16.0 Å². The van der Waals surface area contributed by atoms with Crippen LogP contribution in [0.5, 0.6) is 0 Å². The molecule has 2 heterocycles. The number of hydrogen-bond donors (Lipinski definition) is 3. The molecule has 2 amide bonds. The number of hydrogen-bond acceptors (Lipinski definition) is 3. The van der Waals surface area contributed by atoms with Crippen molar-refractivity contribution in [3.63, 3.8) is 0 Å². The Morgan fingerprint density at radius 3 is 2.53 bits per heavy atom. The van der Waals surface area contributed by atoms with Gasteiger partial charge in [0.2, 0.25) is 0 Å². The summed E-state index contributed by atoms with van der Waals surface area (Å²) >= 11 is 0. The molecule has 0 spiro atoms.